The minimum Gasteiger partial charge on any atom is -0.384 e. The number of hydrogen-bond acceptors (Lipinski definition) is 3. The molecule has 0 saturated carbocycles. The molecule has 0 aliphatic rings. The number of nitrogens with two attached hydrogens (primary N) is 2. The Balaban J connectivity index is 3.07. The van der Waals surface area contributed by atoms with Crippen LogP contribution in [-0.2, 0) is 6.54 Å². The van der Waals surface area contributed by atoms with E-state index in [9.17, 15) is 0 Å². The van der Waals surface area contributed by atoms with Gasteiger partial charge in [-0.1, -0.05) is 0 Å². The van der Waals surface area contributed by atoms with Gasteiger partial charge < -0.3 is 11.5 Å². The monoisotopic (exact) mass is 169 g/mol. The SMILES string of the molecule is Cc1sc(CN)cc1C(=N)N. The van der Waals surface area contributed by atoms with E-state index in [0.29, 0.717) is 6.54 Å². The summed E-state index contributed by atoms with van der Waals surface area (Å²) in [6.45, 7) is 2.47. The Labute approximate surface area is 69.5 Å². The highest BCUT2D eigenvalue weighted by Gasteiger charge is 2.05. The molecule has 1 aromatic rings. The molecule has 5 N–H and O–H groups in total. The molecule has 4 heteroatoms. The van der Waals surface area contributed by atoms with Crippen LogP contribution in [0.4, 0.5) is 0 Å². The maximum absolute atomic E-state index is 7.21. The van der Waals surface area contributed by atoms with Crippen LogP contribution in [-0.4, -0.2) is 5.84 Å². The first-order chi connectivity index (χ1) is 5.15. The highest BCUT2D eigenvalue weighted by Crippen LogP contribution is 2.20. The van der Waals surface area contributed by atoms with Gasteiger partial charge in [-0.2, -0.15) is 0 Å². The Morgan fingerprint density at radius 1 is 1.73 bits per heavy atom. The van der Waals surface area contributed by atoms with Crippen LogP contribution in [0.15, 0.2) is 6.07 Å². The van der Waals surface area contributed by atoms with Gasteiger partial charge in [-0.05, 0) is 13.0 Å². The van der Waals surface area contributed by atoms with Gasteiger partial charge in [0.25, 0.3) is 0 Å². The van der Waals surface area contributed by atoms with Crippen LogP contribution < -0.4 is 11.5 Å². The molecule has 0 aromatic carbocycles. The molecule has 0 radical (unpaired) electrons. The van der Waals surface area contributed by atoms with Crippen molar-refractivity contribution in [3.8, 4) is 0 Å². The van der Waals surface area contributed by atoms with E-state index in [-0.39, 0.29) is 5.84 Å². The Hall–Kier alpha value is -0.870. The summed E-state index contributed by atoms with van der Waals surface area (Å²) in [5, 5.41) is 7.21. The van der Waals surface area contributed by atoms with Crippen molar-refractivity contribution in [2.24, 2.45) is 11.5 Å². The van der Waals surface area contributed by atoms with E-state index in [1.54, 1.807) is 11.3 Å². The van der Waals surface area contributed by atoms with Crippen LogP contribution in [0.1, 0.15) is 15.3 Å². The summed E-state index contributed by atoms with van der Waals surface area (Å²) in [6, 6.07) is 1.88. The molecular weight excluding hydrogens is 158 g/mol. The lowest BCUT2D eigenvalue weighted by Crippen LogP contribution is -2.10. The molecule has 0 aliphatic heterocycles. The van der Waals surface area contributed by atoms with Gasteiger partial charge in [-0.25, -0.2) is 0 Å². The van der Waals surface area contributed by atoms with E-state index in [1.807, 2.05) is 13.0 Å². The van der Waals surface area contributed by atoms with Gasteiger partial charge in [0.15, 0.2) is 0 Å². The lowest BCUT2D eigenvalue weighted by Gasteiger charge is -1.91. The number of rotatable bonds is 2. The minimum atomic E-state index is 0.124. The van der Waals surface area contributed by atoms with Gasteiger partial charge in [-0.15, -0.1) is 11.3 Å². The van der Waals surface area contributed by atoms with Crippen LogP contribution in [0.2, 0.25) is 0 Å². The third-order valence-electron chi connectivity index (χ3n) is 1.46. The first-order valence-corrected chi connectivity index (χ1v) is 4.10. The summed E-state index contributed by atoms with van der Waals surface area (Å²) in [4.78, 5) is 2.14. The maximum Gasteiger partial charge on any atom is 0.123 e. The molecule has 0 atom stereocenters. The van der Waals surface area contributed by atoms with Crippen molar-refractivity contribution in [2.45, 2.75) is 13.5 Å². The van der Waals surface area contributed by atoms with Crippen LogP contribution in [0.5, 0.6) is 0 Å². The van der Waals surface area contributed by atoms with Crippen molar-refractivity contribution in [1.29, 1.82) is 5.41 Å². The molecule has 0 spiro atoms. The predicted molar refractivity (Wildman–Crippen MR) is 48.0 cm³/mol. The molecule has 0 unspecified atom stereocenters. The minimum absolute atomic E-state index is 0.124. The molecule has 0 fully saturated rings. The Morgan fingerprint density at radius 3 is 2.64 bits per heavy atom. The number of aryl methyl sites for hydroxylation is 1. The lowest BCUT2D eigenvalue weighted by molar-refractivity contribution is 1.11. The Bertz CT molecular complexity index is 277. The molecule has 0 amide bonds. The Kier molecular flexibility index (Phi) is 2.26. The number of amidine groups is 1. The number of nitrogen functional groups attached to an aromatic ring is 1. The van der Waals surface area contributed by atoms with Crippen LogP contribution in [0.25, 0.3) is 0 Å². The van der Waals surface area contributed by atoms with E-state index in [1.165, 1.54) is 0 Å². The zero-order chi connectivity index (χ0) is 8.43. The molecule has 0 saturated heterocycles. The third kappa shape index (κ3) is 1.58. The van der Waals surface area contributed by atoms with Gasteiger partial charge in [0, 0.05) is 21.9 Å². The number of nitrogens with one attached hydrogen (secondary N) is 1. The van der Waals surface area contributed by atoms with Gasteiger partial charge in [0.1, 0.15) is 5.84 Å². The molecule has 1 heterocycles. The third-order valence-corrected chi connectivity index (χ3v) is 2.53. The zero-order valence-corrected chi connectivity index (χ0v) is 7.16. The van der Waals surface area contributed by atoms with Crippen LogP contribution >= 0.6 is 11.3 Å². The maximum atomic E-state index is 7.21. The fraction of sp³-hybridized carbons (Fsp3) is 0.286. The standard InChI is InChI=1S/C7H11N3S/c1-4-6(7(9)10)2-5(3-8)11-4/h2H,3,8H2,1H3,(H3,9,10). The van der Waals surface area contributed by atoms with Crippen molar-refractivity contribution in [1.82, 2.24) is 0 Å². The topological polar surface area (TPSA) is 75.9 Å². The average Bonchev–Trinajstić information content (AvgIpc) is 2.30. The van der Waals surface area contributed by atoms with E-state index in [2.05, 4.69) is 0 Å². The Morgan fingerprint density at radius 2 is 2.36 bits per heavy atom. The molecule has 60 valence electrons. The zero-order valence-electron chi connectivity index (χ0n) is 6.35. The van der Waals surface area contributed by atoms with Gasteiger partial charge in [0.05, 0.1) is 0 Å². The average molecular weight is 169 g/mol. The summed E-state index contributed by atoms with van der Waals surface area (Å²) in [6.07, 6.45) is 0. The highest BCUT2D eigenvalue weighted by molar-refractivity contribution is 7.12. The molecule has 0 bridgehead atoms. The first kappa shape index (κ1) is 8.23. The van der Waals surface area contributed by atoms with Gasteiger partial charge in [-0.3, -0.25) is 5.41 Å². The second-order valence-electron chi connectivity index (χ2n) is 2.30. The van der Waals surface area contributed by atoms with E-state index >= 15 is 0 Å². The molecular formula is C7H11N3S. The summed E-state index contributed by atoms with van der Waals surface area (Å²) < 4.78 is 0. The molecule has 11 heavy (non-hydrogen) atoms. The fourth-order valence-electron chi connectivity index (χ4n) is 0.912. The van der Waals surface area contributed by atoms with Crippen molar-refractivity contribution in [3.63, 3.8) is 0 Å². The predicted octanol–water partition coefficient (Wildman–Crippen LogP) is 0.799. The fourth-order valence-corrected chi connectivity index (χ4v) is 1.84. The lowest BCUT2D eigenvalue weighted by atomic mass is 10.2. The van der Waals surface area contributed by atoms with Crippen LogP contribution in [0.3, 0.4) is 0 Å². The second kappa shape index (κ2) is 3.02. The summed E-state index contributed by atoms with van der Waals surface area (Å²) in [5.41, 5.74) is 11.6. The summed E-state index contributed by atoms with van der Waals surface area (Å²) in [5.74, 6) is 0.124. The first-order valence-electron chi connectivity index (χ1n) is 3.29. The summed E-state index contributed by atoms with van der Waals surface area (Å²) in [7, 11) is 0. The summed E-state index contributed by atoms with van der Waals surface area (Å²) >= 11 is 1.60. The number of thiophene rings is 1. The van der Waals surface area contributed by atoms with E-state index in [4.69, 9.17) is 16.9 Å². The quantitative estimate of drug-likeness (QED) is 0.452. The highest BCUT2D eigenvalue weighted by atomic mass is 32.1. The van der Waals surface area contributed by atoms with Crippen molar-refractivity contribution in [2.75, 3.05) is 0 Å². The van der Waals surface area contributed by atoms with E-state index in [0.717, 1.165) is 15.3 Å². The number of hydrogen-bond donors (Lipinski definition) is 3. The molecule has 1 aromatic heterocycles. The largest absolute Gasteiger partial charge is 0.384 e. The van der Waals surface area contributed by atoms with E-state index < -0.39 is 0 Å². The smallest absolute Gasteiger partial charge is 0.123 e. The van der Waals surface area contributed by atoms with Crippen molar-refractivity contribution >= 4 is 17.2 Å². The normalized spacial score (nSPS) is 10.0. The molecule has 3 nitrogen and oxygen atoms in total. The van der Waals surface area contributed by atoms with Gasteiger partial charge >= 0.3 is 0 Å². The van der Waals surface area contributed by atoms with Gasteiger partial charge in [0.2, 0.25) is 0 Å². The van der Waals surface area contributed by atoms with Crippen molar-refractivity contribution < 1.29 is 0 Å². The van der Waals surface area contributed by atoms with Crippen molar-refractivity contribution in [3.05, 3.63) is 21.4 Å². The second-order valence-corrected chi connectivity index (χ2v) is 3.64. The van der Waals surface area contributed by atoms with Crippen LogP contribution in [0, 0.1) is 12.3 Å². The molecule has 1 rings (SSSR count). The molecule has 0 aliphatic carbocycles.